The molecule has 1 aromatic carbocycles. The fourth-order valence-corrected chi connectivity index (χ4v) is 2.08. The van der Waals surface area contributed by atoms with E-state index in [1.165, 1.54) is 0 Å². The third kappa shape index (κ3) is 5.13. The van der Waals surface area contributed by atoms with Crippen molar-refractivity contribution >= 4 is 11.8 Å². The lowest BCUT2D eigenvalue weighted by Crippen LogP contribution is -2.33. The van der Waals surface area contributed by atoms with Gasteiger partial charge in [-0.2, -0.15) is 0 Å². The molecular weight excluding hydrogens is 312 g/mol. The molecular formula is C17H20N2O5. The minimum absolute atomic E-state index is 0.148. The predicted molar refractivity (Wildman–Crippen MR) is 86.5 cm³/mol. The molecule has 2 aromatic rings. The number of ether oxygens (including phenoxy) is 2. The Bertz CT molecular complexity index is 652. The van der Waals surface area contributed by atoms with Crippen LogP contribution in [-0.2, 0) is 16.1 Å². The van der Waals surface area contributed by atoms with Gasteiger partial charge in [0.1, 0.15) is 11.5 Å². The molecule has 7 nitrogen and oxygen atoms in total. The smallest absolute Gasteiger partial charge is 0.255 e. The molecule has 0 saturated carbocycles. The first-order valence-corrected chi connectivity index (χ1v) is 7.42. The van der Waals surface area contributed by atoms with Crippen molar-refractivity contribution in [1.82, 2.24) is 4.90 Å². The van der Waals surface area contributed by atoms with Crippen LogP contribution in [0.15, 0.2) is 47.1 Å². The van der Waals surface area contributed by atoms with E-state index in [9.17, 15) is 9.59 Å². The monoisotopic (exact) mass is 332 g/mol. The lowest BCUT2D eigenvalue weighted by molar-refractivity contribution is -0.119. The van der Waals surface area contributed by atoms with Gasteiger partial charge in [-0.25, -0.2) is 0 Å². The first-order valence-electron chi connectivity index (χ1n) is 7.42. The lowest BCUT2D eigenvalue weighted by atomic mass is 10.2. The number of furan rings is 1. The van der Waals surface area contributed by atoms with Crippen molar-refractivity contribution in [1.29, 1.82) is 0 Å². The van der Waals surface area contributed by atoms with E-state index in [2.05, 4.69) is 0 Å². The highest BCUT2D eigenvalue weighted by Gasteiger charge is 2.17. The highest BCUT2D eigenvalue weighted by molar-refractivity contribution is 5.94. The van der Waals surface area contributed by atoms with Crippen LogP contribution < -0.4 is 10.5 Å². The first-order chi connectivity index (χ1) is 11.6. The molecule has 1 aromatic heterocycles. The zero-order valence-corrected chi connectivity index (χ0v) is 13.4. The summed E-state index contributed by atoms with van der Waals surface area (Å²) in [6.45, 7) is 1.02. The van der Waals surface area contributed by atoms with Crippen LogP contribution in [0.3, 0.4) is 0 Å². The number of carbonyl (C=O) groups is 2. The molecule has 0 saturated heterocycles. The number of nitrogens with zero attached hydrogens (tertiary/aromatic N) is 1. The maximum atomic E-state index is 12.7. The van der Waals surface area contributed by atoms with Gasteiger partial charge in [-0.05, 0) is 36.4 Å². The average Bonchev–Trinajstić information content (AvgIpc) is 3.09. The molecule has 0 radical (unpaired) electrons. The second kappa shape index (κ2) is 8.73. The third-order valence-electron chi connectivity index (χ3n) is 3.26. The summed E-state index contributed by atoms with van der Waals surface area (Å²) in [4.78, 5) is 25.0. The summed E-state index contributed by atoms with van der Waals surface area (Å²) in [5, 5.41) is 0. The van der Waals surface area contributed by atoms with Gasteiger partial charge in [0.15, 0.2) is 6.61 Å². The summed E-state index contributed by atoms with van der Waals surface area (Å²) in [6, 6.07) is 10.1. The molecule has 1 heterocycles. The van der Waals surface area contributed by atoms with Crippen LogP contribution in [0.4, 0.5) is 0 Å². The summed E-state index contributed by atoms with van der Waals surface area (Å²) in [5.41, 5.74) is 5.53. The van der Waals surface area contributed by atoms with Crippen molar-refractivity contribution in [2.75, 3.05) is 26.9 Å². The van der Waals surface area contributed by atoms with Gasteiger partial charge in [0.25, 0.3) is 11.8 Å². The quantitative estimate of drug-likeness (QED) is 0.749. The van der Waals surface area contributed by atoms with Crippen molar-refractivity contribution in [3.63, 3.8) is 0 Å². The number of nitrogens with two attached hydrogens (primary N) is 1. The number of amides is 2. The maximum Gasteiger partial charge on any atom is 0.255 e. The van der Waals surface area contributed by atoms with E-state index in [0.717, 1.165) is 0 Å². The van der Waals surface area contributed by atoms with Crippen LogP contribution >= 0.6 is 0 Å². The number of carbonyl (C=O) groups excluding carboxylic acids is 2. The molecule has 2 rings (SSSR count). The molecule has 24 heavy (non-hydrogen) atoms. The molecule has 2 N–H and O–H groups in total. The number of hydrogen-bond acceptors (Lipinski definition) is 5. The fourth-order valence-electron chi connectivity index (χ4n) is 2.08. The Kier molecular flexibility index (Phi) is 6.39. The van der Waals surface area contributed by atoms with Gasteiger partial charge in [0.2, 0.25) is 0 Å². The van der Waals surface area contributed by atoms with E-state index in [4.69, 9.17) is 19.6 Å². The summed E-state index contributed by atoms with van der Waals surface area (Å²) in [6.07, 6.45) is 1.57. The molecule has 128 valence electrons. The van der Waals surface area contributed by atoms with Crippen LogP contribution in [0.25, 0.3) is 0 Å². The van der Waals surface area contributed by atoms with Crippen LogP contribution in [0.5, 0.6) is 5.75 Å². The van der Waals surface area contributed by atoms with Crippen LogP contribution in [-0.4, -0.2) is 43.6 Å². The van der Waals surface area contributed by atoms with Gasteiger partial charge in [-0.3, -0.25) is 9.59 Å². The standard InChI is InChI=1S/C17H20N2O5/c1-22-10-8-19(11-15-3-2-9-23-15)17(21)13-4-6-14(7-5-13)24-12-16(18)20/h2-7,9H,8,10-12H2,1H3,(H2,18,20). The Morgan fingerprint density at radius 2 is 1.96 bits per heavy atom. The van der Waals surface area contributed by atoms with Crippen LogP contribution in [0.1, 0.15) is 16.1 Å². The predicted octanol–water partition coefficient (Wildman–Crippen LogP) is 1.43. The summed E-state index contributed by atoms with van der Waals surface area (Å²) in [5.74, 6) is 0.463. The number of benzene rings is 1. The molecule has 0 aliphatic carbocycles. The Balaban J connectivity index is 2.05. The highest BCUT2D eigenvalue weighted by atomic mass is 16.5. The van der Waals surface area contributed by atoms with E-state index in [-0.39, 0.29) is 12.5 Å². The Morgan fingerprint density at radius 3 is 2.54 bits per heavy atom. The maximum absolute atomic E-state index is 12.7. The second-order valence-corrected chi connectivity index (χ2v) is 5.08. The molecule has 0 fully saturated rings. The van der Waals surface area contributed by atoms with E-state index < -0.39 is 5.91 Å². The van der Waals surface area contributed by atoms with Crippen molar-refractivity contribution in [2.45, 2.75) is 6.54 Å². The topological polar surface area (TPSA) is 95.0 Å². The zero-order valence-electron chi connectivity index (χ0n) is 13.4. The van der Waals surface area contributed by atoms with Crippen LogP contribution in [0, 0.1) is 0 Å². The Morgan fingerprint density at radius 1 is 1.21 bits per heavy atom. The van der Waals surface area contributed by atoms with Gasteiger partial charge in [0.05, 0.1) is 19.4 Å². The average molecular weight is 332 g/mol. The van der Waals surface area contributed by atoms with E-state index >= 15 is 0 Å². The molecule has 7 heteroatoms. The Hall–Kier alpha value is -2.80. The highest BCUT2D eigenvalue weighted by Crippen LogP contribution is 2.15. The molecule has 0 aliphatic rings. The van der Waals surface area contributed by atoms with Crippen molar-refractivity contribution in [3.8, 4) is 5.75 Å². The van der Waals surface area contributed by atoms with Crippen molar-refractivity contribution in [3.05, 3.63) is 54.0 Å². The van der Waals surface area contributed by atoms with E-state index in [1.54, 1.807) is 48.6 Å². The Labute approximate surface area is 139 Å². The lowest BCUT2D eigenvalue weighted by Gasteiger charge is -2.21. The number of rotatable bonds is 9. The summed E-state index contributed by atoms with van der Waals surface area (Å²) >= 11 is 0. The van der Waals surface area contributed by atoms with Gasteiger partial charge < -0.3 is 24.5 Å². The first kappa shape index (κ1) is 17.6. The number of methoxy groups -OCH3 is 1. The minimum Gasteiger partial charge on any atom is -0.484 e. The SMILES string of the molecule is COCCN(Cc1ccco1)C(=O)c1ccc(OCC(N)=O)cc1. The van der Waals surface area contributed by atoms with Crippen molar-refractivity contribution in [2.24, 2.45) is 5.73 Å². The zero-order chi connectivity index (χ0) is 17.4. The van der Waals surface area contributed by atoms with Gasteiger partial charge in [-0.1, -0.05) is 0 Å². The van der Waals surface area contributed by atoms with Gasteiger partial charge in [0, 0.05) is 19.2 Å². The number of hydrogen-bond donors (Lipinski definition) is 1. The van der Waals surface area contributed by atoms with E-state index in [1.807, 2.05) is 6.07 Å². The van der Waals surface area contributed by atoms with Crippen LogP contribution in [0.2, 0.25) is 0 Å². The third-order valence-corrected chi connectivity index (χ3v) is 3.26. The summed E-state index contributed by atoms with van der Waals surface area (Å²) in [7, 11) is 1.58. The molecule has 0 unspecified atom stereocenters. The molecule has 0 bridgehead atoms. The van der Waals surface area contributed by atoms with E-state index in [0.29, 0.717) is 36.8 Å². The van der Waals surface area contributed by atoms with Crippen molar-refractivity contribution < 1.29 is 23.5 Å². The van der Waals surface area contributed by atoms with Gasteiger partial charge in [-0.15, -0.1) is 0 Å². The normalized spacial score (nSPS) is 10.4. The molecule has 2 amide bonds. The minimum atomic E-state index is -0.556. The largest absolute Gasteiger partial charge is 0.484 e. The second-order valence-electron chi connectivity index (χ2n) is 5.08. The molecule has 0 spiro atoms. The number of primary amides is 1. The molecule has 0 atom stereocenters. The van der Waals surface area contributed by atoms with Gasteiger partial charge >= 0.3 is 0 Å². The molecule has 0 aliphatic heterocycles. The summed E-state index contributed by atoms with van der Waals surface area (Å²) < 4.78 is 15.5. The fraction of sp³-hybridized carbons (Fsp3) is 0.294.